The molecule has 4 aromatic rings. The second-order valence-corrected chi connectivity index (χ2v) is 14.5. The van der Waals surface area contributed by atoms with E-state index in [1.165, 1.54) is 23.1 Å². The average Bonchev–Trinajstić information content (AvgIpc) is 3.08. The maximum atomic E-state index is 14.4. The van der Waals surface area contributed by atoms with Gasteiger partial charge in [-0.15, -0.1) is 0 Å². The number of rotatable bonds is 6. The summed E-state index contributed by atoms with van der Waals surface area (Å²) in [5.41, 5.74) is -3.64. The molecule has 3 aromatic carbocycles. The van der Waals surface area contributed by atoms with Crippen LogP contribution in [0.4, 0.5) is 18.0 Å². The quantitative estimate of drug-likeness (QED) is 0.203. The van der Waals surface area contributed by atoms with Crippen LogP contribution >= 0.6 is 23.2 Å². The Kier molecular flexibility index (Phi) is 10.7. The highest BCUT2D eigenvalue weighted by Gasteiger charge is 2.45. The number of likely N-dealkylation sites (N-methyl/N-ethyl adjacent to an activating group) is 1. The molecule has 0 radical (unpaired) electrons. The molecule has 2 N–H and O–H groups in total. The molecule has 2 heterocycles. The summed E-state index contributed by atoms with van der Waals surface area (Å²) in [5, 5.41) is 21.3. The van der Waals surface area contributed by atoms with Gasteiger partial charge in [0.05, 0.1) is 16.7 Å². The Morgan fingerprint density at radius 3 is 2.25 bits per heavy atom. The maximum absolute atomic E-state index is 14.4. The van der Waals surface area contributed by atoms with E-state index in [0.29, 0.717) is 12.8 Å². The van der Waals surface area contributed by atoms with E-state index < -0.39 is 40.0 Å². The van der Waals surface area contributed by atoms with Gasteiger partial charge in [0.2, 0.25) is 5.91 Å². The Hall–Kier alpha value is -4.99. The minimum atomic E-state index is -4.73. The summed E-state index contributed by atoms with van der Waals surface area (Å²) in [6.45, 7) is 5.74. The monoisotopic (exact) mass is 754 g/mol. The van der Waals surface area contributed by atoms with E-state index in [4.69, 9.17) is 27.9 Å². The van der Waals surface area contributed by atoms with Crippen molar-refractivity contribution in [1.29, 1.82) is 5.26 Å². The van der Waals surface area contributed by atoms with Crippen LogP contribution in [0.15, 0.2) is 71.5 Å². The number of nitrogens with one attached hydrogen (secondary N) is 1. The molecule has 0 unspecified atom stereocenters. The molecule has 14 heteroatoms. The number of nitriles is 1. The maximum Gasteiger partial charge on any atom is 0.416 e. The Bertz CT molecular complexity index is 2120. The summed E-state index contributed by atoms with van der Waals surface area (Å²) in [5.74, 6) is -0.629. The largest absolute Gasteiger partial charge is 0.507 e. The van der Waals surface area contributed by atoms with Gasteiger partial charge in [-0.1, -0.05) is 53.5 Å². The minimum absolute atomic E-state index is 0.00210. The number of carbonyl (C=O) groups excluding carboxylic acids is 2. The molecular formula is C38H35Cl2F3N4O5. The van der Waals surface area contributed by atoms with E-state index >= 15 is 0 Å². The molecule has 1 aromatic heterocycles. The highest BCUT2D eigenvalue weighted by molar-refractivity contribution is 6.33. The van der Waals surface area contributed by atoms with Crippen molar-refractivity contribution in [3.05, 3.63) is 109 Å². The summed E-state index contributed by atoms with van der Waals surface area (Å²) in [6.07, 6.45) is -4.58. The number of halogens is 5. The van der Waals surface area contributed by atoms with E-state index in [1.807, 2.05) is 30.3 Å². The summed E-state index contributed by atoms with van der Waals surface area (Å²) in [7, 11) is 1.57. The number of phenolic OH excluding ortho intramolecular Hbond substituents is 1. The van der Waals surface area contributed by atoms with Crippen molar-refractivity contribution in [2.45, 2.75) is 57.3 Å². The van der Waals surface area contributed by atoms with Crippen molar-refractivity contribution in [3.63, 3.8) is 0 Å². The molecule has 1 fully saturated rings. The number of aromatic amines is 1. The first-order valence-electron chi connectivity index (χ1n) is 16.2. The Morgan fingerprint density at radius 1 is 1.00 bits per heavy atom. The van der Waals surface area contributed by atoms with Crippen LogP contribution in [0.1, 0.15) is 55.9 Å². The Morgan fingerprint density at radius 2 is 1.65 bits per heavy atom. The van der Waals surface area contributed by atoms with Crippen LogP contribution in [0.2, 0.25) is 10.0 Å². The summed E-state index contributed by atoms with van der Waals surface area (Å²) >= 11 is 12.8. The summed E-state index contributed by atoms with van der Waals surface area (Å²) in [6, 6.07) is 17.5. The van der Waals surface area contributed by atoms with Crippen LogP contribution in [0.25, 0.3) is 22.4 Å². The molecule has 272 valence electrons. The normalized spacial score (nSPS) is 14.4. The highest BCUT2D eigenvalue weighted by atomic mass is 35.5. The van der Waals surface area contributed by atoms with Gasteiger partial charge in [-0.05, 0) is 75.6 Å². The topological polar surface area (TPSA) is 127 Å². The second kappa shape index (κ2) is 14.6. The molecule has 1 saturated heterocycles. The van der Waals surface area contributed by atoms with Crippen LogP contribution in [0, 0.1) is 11.3 Å². The third kappa shape index (κ3) is 7.91. The number of likely N-dealkylation sites (tertiary alicyclic amines) is 1. The van der Waals surface area contributed by atoms with Crippen molar-refractivity contribution in [2.75, 3.05) is 20.1 Å². The molecule has 5 rings (SSSR count). The molecule has 0 atom stereocenters. The Labute approximate surface area is 308 Å². The number of nitrogens with zero attached hydrogens (tertiary/aromatic N) is 3. The van der Waals surface area contributed by atoms with E-state index in [0.717, 1.165) is 23.8 Å². The van der Waals surface area contributed by atoms with Gasteiger partial charge < -0.3 is 24.6 Å². The molecular weight excluding hydrogens is 720 g/mol. The molecule has 9 nitrogen and oxygen atoms in total. The predicted molar refractivity (Wildman–Crippen MR) is 191 cm³/mol. The zero-order chi connectivity index (χ0) is 38.2. The fraction of sp³-hybridized carbons (Fsp3) is 0.316. The van der Waals surface area contributed by atoms with Gasteiger partial charge in [-0.2, -0.15) is 18.4 Å². The third-order valence-electron chi connectivity index (χ3n) is 8.93. The summed E-state index contributed by atoms with van der Waals surface area (Å²) in [4.78, 5) is 45.9. The smallest absolute Gasteiger partial charge is 0.416 e. The van der Waals surface area contributed by atoms with Crippen molar-refractivity contribution < 1.29 is 32.6 Å². The molecule has 2 amide bonds. The van der Waals surface area contributed by atoms with Gasteiger partial charge in [0.25, 0.3) is 5.56 Å². The van der Waals surface area contributed by atoms with Crippen molar-refractivity contribution >= 4 is 35.2 Å². The second-order valence-electron chi connectivity index (χ2n) is 13.6. The van der Waals surface area contributed by atoms with Crippen LogP contribution in [-0.4, -0.2) is 57.6 Å². The average molecular weight is 756 g/mol. The molecule has 1 aliphatic heterocycles. The van der Waals surface area contributed by atoms with Gasteiger partial charge in [0.1, 0.15) is 23.0 Å². The number of benzene rings is 3. The number of aromatic hydroxyl groups is 1. The van der Waals surface area contributed by atoms with E-state index in [9.17, 15) is 37.9 Å². The number of hydrogen-bond acceptors (Lipinski definition) is 6. The number of amides is 2. The van der Waals surface area contributed by atoms with Gasteiger partial charge >= 0.3 is 12.3 Å². The molecule has 0 bridgehead atoms. The fourth-order valence-electron chi connectivity index (χ4n) is 6.39. The molecule has 0 spiro atoms. The van der Waals surface area contributed by atoms with Gasteiger partial charge in [-0.25, -0.2) is 4.79 Å². The van der Waals surface area contributed by atoms with E-state index in [-0.39, 0.29) is 69.3 Å². The number of alkyl halides is 3. The lowest BCUT2D eigenvalue weighted by Gasteiger charge is -2.43. The Balaban J connectivity index is 1.50. The first kappa shape index (κ1) is 38.2. The fourth-order valence-corrected chi connectivity index (χ4v) is 6.85. The number of hydrogen-bond donors (Lipinski definition) is 2. The van der Waals surface area contributed by atoms with Gasteiger partial charge in [-0.3, -0.25) is 9.59 Å². The molecule has 0 saturated carbocycles. The standard InChI is InChI=1S/C38H35Cl2F3N4O5/c1-36(2,3)52-35(51)47-14-12-37(13-15-47,23-8-6-5-7-9-23)34(50)46(4)21-22-16-25(39)18-28(32(22)48)31-19-26(29(20-44)33(49)45-31)27-17-24(38(41,42)43)10-11-30(27)40/h5-11,16-19,48H,12-15,21H2,1-4H3,(H,45,49). The van der Waals surface area contributed by atoms with E-state index in [1.54, 1.807) is 38.8 Å². The number of carbonyl (C=O) groups is 2. The molecule has 52 heavy (non-hydrogen) atoms. The number of aromatic nitrogens is 1. The van der Waals surface area contributed by atoms with Crippen molar-refractivity contribution in [3.8, 4) is 34.2 Å². The molecule has 0 aliphatic carbocycles. The van der Waals surface area contributed by atoms with Crippen LogP contribution < -0.4 is 5.56 Å². The lowest BCUT2D eigenvalue weighted by molar-refractivity contribution is -0.139. The van der Waals surface area contributed by atoms with Gasteiger partial charge in [0.15, 0.2) is 0 Å². The zero-order valence-corrected chi connectivity index (χ0v) is 30.2. The number of phenols is 1. The third-order valence-corrected chi connectivity index (χ3v) is 9.48. The van der Waals surface area contributed by atoms with Gasteiger partial charge in [0, 0.05) is 59.0 Å². The number of H-pyrrole nitrogens is 1. The van der Waals surface area contributed by atoms with Crippen LogP contribution in [-0.2, 0) is 27.7 Å². The lowest BCUT2D eigenvalue weighted by Crippen LogP contribution is -2.53. The molecule has 1 aliphatic rings. The highest BCUT2D eigenvalue weighted by Crippen LogP contribution is 2.42. The number of ether oxygens (including phenoxy) is 1. The van der Waals surface area contributed by atoms with Crippen molar-refractivity contribution in [1.82, 2.24) is 14.8 Å². The number of pyridine rings is 1. The zero-order valence-electron chi connectivity index (χ0n) is 28.7. The van der Waals surface area contributed by atoms with Crippen molar-refractivity contribution in [2.24, 2.45) is 0 Å². The first-order valence-corrected chi connectivity index (χ1v) is 17.0. The number of piperidine rings is 1. The SMILES string of the molecule is CN(Cc1cc(Cl)cc(-c2cc(-c3cc(C(F)(F)F)ccc3Cl)c(C#N)c(=O)[nH]2)c1O)C(=O)C1(c2ccccc2)CCN(C(=O)OC(C)(C)C)CC1. The van der Waals surface area contributed by atoms with Crippen LogP contribution in [0.5, 0.6) is 5.75 Å². The van der Waals surface area contributed by atoms with E-state index in [2.05, 4.69) is 4.98 Å². The first-order chi connectivity index (χ1) is 24.3. The lowest BCUT2D eigenvalue weighted by atomic mass is 9.71. The summed E-state index contributed by atoms with van der Waals surface area (Å²) < 4.78 is 46.3. The minimum Gasteiger partial charge on any atom is -0.507 e. The van der Waals surface area contributed by atoms with Crippen LogP contribution in [0.3, 0.4) is 0 Å². The predicted octanol–water partition coefficient (Wildman–Crippen LogP) is 8.54.